The zero-order valence-corrected chi connectivity index (χ0v) is 14.3. The second-order valence-corrected chi connectivity index (χ2v) is 6.46. The molecule has 2 unspecified atom stereocenters. The number of nitrogens with one attached hydrogen (secondary N) is 1. The van der Waals surface area contributed by atoms with Crippen molar-refractivity contribution in [2.24, 2.45) is 5.92 Å². The minimum absolute atomic E-state index is 0.0109. The quantitative estimate of drug-likeness (QED) is 0.707. The molecule has 0 aliphatic heterocycles. The number of amides is 1. The third-order valence-electron chi connectivity index (χ3n) is 4.53. The molecule has 3 aromatic rings. The number of carbonyl (C=O) groups excluding carboxylic acids is 1. The van der Waals surface area contributed by atoms with Crippen molar-refractivity contribution in [3.05, 3.63) is 83.9 Å². The highest BCUT2D eigenvalue weighted by atomic mass is 16.5. The summed E-state index contributed by atoms with van der Waals surface area (Å²) in [5, 5.41) is 2.99. The number of pyridine rings is 1. The number of carbonyl (C=O) groups is 1. The summed E-state index contributed by atoms with van der Waals surface area (Å²) in [7, 11) is 0. The van der Waals surface area contributed by atoms with Gasteiger partial charge in [0.1, 0.15) is 12.4 Å². The monoisotopic (exact) mass is 348 g/mol. The first-order valence-electron chi connectivity index (χ1n) is 8.72. The van der Waals surface area contributed by atoms with Crippen LogP contribution in [-0.4, -0.2) is 10.9 Å². The van der Waals surface area contributed by atoms with Gasteiger partial charge in [0.15, 0.2) is 0 Å². The van der Waals surface area contributed by atoms with E-state index in [1.54, 1.807) is 12.5 Å². The Balaban J connectivity index is 1.28. The predicted octanol–water partition coefficient (Wildman–Crippen LogP) is 3.67. The average molecular weight is 348 g/mol. The summed E-state index contributed by atoms with van der Waals surface area (Å²) < 4.78 is 11.1. The van der Waals surface area contributed by atoms with Gasteiger partial charge < -0.3 is 14.5 Å². The van der Waals surface area contributed by atoms with E-state index < -0.39 is 0 Å². The molecule has 0 saturated heterocycles. The molecular weight excluding hydrogens is 328 g/mol. The molecule has 5 nitrogen and oxygen atoms in total. The molecule has 0 bridgehead atoms. The van der Waals surface area contributed by atoms with E-state index in [9.17, 15) is 4.79 Å². The van der Waals surface area contributed by atoms with E-state index in [1.165, 1.54) is 0 Å². The topological polar surface area (TPSA) is 64.4 Å². The molecule has 0 spiro atoms. The molecule has 1 aliphatic rings. The Morgan fingerprint density at radius 2 is 2.04 bits per heavy atom. The van der Waals surface area contributed by atoms with Crippen LogP contribution in [0.4, 0.5) is 0 Å². The number of hydrogen-bond donors (Lipinski definition) is 1. The largest absolute Gasteiger partial charge is 0.473 e. The molecule has 2 heterocycles. The molecule has 1 saturated carbocycles. The Labute approximate surface area is 152 Å². The summed E-state index contributed by atoms with van der Waals surface area (Å²) in [5.41, 5.74) is 2.05. The van der Waals surface area contributed by atoms with Crippen molar-refractivity contribution in [1.82, 2.24) is 10.3 Å². The first-order chi connectivity index (χ1) is 12.8. The van der Waals surface area contributed by atoms with Crippen molar-refractivity contribution in [1.29, 1.82) is 0 Å². The highest BCUT2D eigenvalue weighted by Crippen LogP contribution is 2.47. The number of furan rings is 1. The Bertz CT molecular complexity index is 862. The number of benzene rings is 1. The van der Waals surface area contributed by atoms with Crippen LogP contribution in [0.1, 0.15) is 29.2 Å². The first-order valence-corrected chi connectivity index (χ1v) is 8.72. The van der Waals surface area contributed by atoms with E-state index >= 15 is 0 Å². The second kappa shape index (κ2) is 7.44. The molecule has 4 rings (SSSR count). The van der Waals surface area contributed by atoms with E-state index in [4.69, 9.17) is 9.15 Å². The highest BCUT2D eigenvalue weighted by Gasteiger charge is 2.45. The number of rotatable bonds is 7. The average Bonchev–Trinajstić information content (AvgIpc) is 3.30. The highest BCUT2D eigenvalue weighted by molar-refractivity contribution is 5.82. The van der Waals surface area contributed by atoms with E-state index in [-0.39, 0.29) is 17.7 Å². The summed E-state index contributed by atoms with van der Waals surface area (Å²) in [6.45, 7) is 0.932. The number of ether oxygens (including phenoxy) is 1. The van der Waals surface area contributed by atoms with Gasteiger partial charge in [-0.15, -0.1) is 0 Å². The maximum Gasteiger partial charge on any atom is 0.224 e. The van der Waals surface area contributed by atoms with Gasteiger partial charge in [-0.1, -0.05) is 30.3 Å². The maximum absolute atomic E-state index is 12.3. The summed E-state index contributed by atoms with van der Waals surface area (Å²) in [4.78, 5) is 16.5. The van der Waals surface area contributed by atoms with Crippen LogP contribution in [0.5, 0.6) is 5.88 Å². The third-order valence-corrected chi connectivity index (χ3v) is 4.53. The maximum atomic E-state index is 12.3. The zero-order chi connectivity index (χ0) is 17.8. The molecule has 2 aromatic heterocycles. The fraction of sp³-hybridized carbons (Fsp3) is 0.238. The summed E-state index contributed by atoms with van der Waals surface area (Å²) in [5.74, 6) is 1.74. The molecule has 1 aliphatic carbocycles. The van der Waals surface area contributed by atoms with Crippen molar-refractivity contribution < 1.29 is 13.9 Å². The van der Waals surface area contributed by atoms with E-state index in [0.717, 1.165) is 23.3 Å². The van der Waals surface area contributed by atoms with E-state index in [2.05, 4.69) is 10.3 Å². The van der Waals surface area contributed by atoms with Gasteiger partial charge in [-0.05, 0) is 35.7 Å². The molecule has 26 heavy (non-hydrogen) atoms. The first kappa shape index (κ1) is 16.4. The van der Waals surface area contributed by atoms with Gasteiger partial charge in [0, 0.05) is 30.6 Å². The van der Waals surface area contributed by atoms with E-state index in [1.807, 2.05) is 54.6 Å². The Kier molecular flexibility index (Phi) is 4.69. The van der Waals surface area contributed by atoms with Crippen LogP contribution in [0.3, 0.4) is 0 Å². The molecule has 1 N–H and O–H groups in total. The van der Waals surface area contributed by atoms with E-state index in [0.29, 0.717) is 19.0 Å². The molecule has 0 radical (unpaired) electrons. The molecular formula is C21H20N2O3. The smallest absolute Gasteiger partial charge is 0.224 e. The SMILES string of the molecule is O=C(NCc1ccnc(OCc2ccccc2)c1)C1CC1c1ccco1. The minimum Gasteiger partial charge on any atom is -0.473 e. The number of aromatic nitrogens is 1. The second-order valence-electron chi connectivity index (χ2n) is 6.46. The number of nitrogens with zero attached hydrogens (tertiary/aromatic N) is 1. The van der Waals surface area contributed by atoms with Crippen LogP contribution >= 0.6 is 0 Å². The summed E-state index contributed by atoms with van der Waals surface area (Å²) in [6.07, 6.45) is 4.20. The molecule has 132 valence electrons. The van der Waals surface area contributed by atoms with Crippen LogP contribution in [0, 0.1) is 5.92 Å². The van der Waals surface area contributed by atoms with Crippen molar-refractivity contribution in [2.45, 2.75) is 25.5 Å². The zero-order valence-electron chi connectivity index (χ0n) is 14.3. The van der Waals surface area contributed by atoms with Gasteiger partial charge >= 0.3 is 0 Å². The lowest BCUT2D eigenvalue weighted by Gasteiger charge is -2.08. The fourth-order valence-electron chi connectivity index (χ4n) is 2.99. The predicted molar refractivity (Wildman–Crippen MR) is 96.4 cm³/mol. The third kappa shape index (κ3) is 3.94. The van der Waals surface area contributed by atoms with Crippen LogP contribution in [0.15, 0.2) is 71.5 Å². The number of hydrogen-bond acceptors (Lipinski definition) is 4. The van der Waals surface area contributed by atoms with Crippen LogP contribution < -0.4 is 10.1 Å². The Morgan fingerprint density at radius 1 is 1.15 bits per heavy atom. The van der Waals surface area contributed by atoms with Crippen LogP contribution in [-0.2, 0) is 17.9 Å². The standard InChI is InChI=1S/C21H20N2O3/c24-21(18-12-17(18)19-7-4-10-25-19)23-13-16-8-9-22-20(11-16)26-14-15-5-2-1-3-6-15/h1-11,17-18H,12-14H2,(H,23,24). The van der Waals surface area contributed by atoms with Gasteiger partial charge in [-0.25, -0.2) is 4.98 Å². The van der Waals surface area contributed by atoms with Crippen molar-refractivity contribution in [3.8, 4) is 5.88 Å². The van der Waals surface area contributed by atoms with Gasteiger partial charge in [-0.3, -0.25) is 4.79 Å². The summed E-state index contributed by atoms with van der Waals surface area (Å²) >= 11 is 0. The van der Waals surface area contributed by atoms with Crippen molar-refractivity contribution in [2.75, 3.05) is 0 Å². The molecule has 1 aromatic carbocycles. The lowest BCUT2D eigenvalue weighted by molar-refractivity contribution is -0.122. The van der Waals surface area contributed by atoms with Crippen molar-refractivity contribution >= 4 is 5.91 Å². The summed E-state index contributed by atoms with van der Waals surface area (Å²) in [6, 6.07) is 17.5. The van der Waals surface area contributed by atoms with Gasteiger partial charge in [0.25, 0.3) is 0 Å². The molecule has 5 heteroatoms. The van der Waals surface area contributed by atoms with Crippen LogP contribution in [0.25, 0.3) is 0 Å². The minimum atomic E-state index is 0.0109. The lowest BCUT2D eigenvalue weighted by Crippen LogP contribution is -2.24. The van der Waals surface area contributed by atoms with Gasteiger partial charge in [-0.2, -0.15) is 0 Å². The van der Waals surface area contributed by atoms with Crippen LogP contribution in [0.2, 0.25) is 0 Å². The lowest BCUT2D eigenvalue weighted by atomic mass is 10.2. The normalized spacial score (nSPS) is 18.3. The Morgan fingerprint density at radius 3 is 2.85 bits per heavy atom. The molecule has 2 atom stereocenters. The fourth-order valence-corrected chi connectivity index (χ4v) is 2.99. The molecule has 1 amide bonds. The van der Waals surface area contributed by atoms with Gasteiger partial charge in [0.2, 0.25) is 11.8 Å². The van der Waals surface area contributed by atoms with Crippen molar-refractivity contribution in [3.63, 3.8) is 0 Å². The van der Waals surface area contributed by atoms with Gasteiger partial charge in [0.05, 0.1) is 6.26 Å². The Hall–Kier alpha value is -3.08. The molecule has 1 fully saturated rings.